The van der Waals surface area contributed by atoms with E-state index in [1.54, 1.807) is 0 Å². The van der Waals surface area contributed by atoms with Gasteiger partial charge < -0.3 is 0 Å². The Bertz CT molecular complexity index is 283. The van der Waals surface area contributed by atoms with E-state index in [0.29, 0.717) is 6.42 Å². The zero-order chi connectivity index (χ0) is 12.4. The first-order valence-electron chi connectivity index (χ1n) is 6.61. The molecule has 0 unspecified atom stereocenters. The molecule has 0 heterocycles. The Hall–Kier alpha value is -0.660. The minimum atomic E-state index is -0.383. The van der Waals surface area contributed by atoms with E-state index < -0.39 is 0 Å². The summed E-state index contributed by atoms with van der Waals surface area (Å²) >= 11 is 0. The molecule has 0 bridgehead atoms. The second-order valence-corrected chi connectivity index (χ2v) is 5.03. The van der Waals surface area contributed by atoms with Crippen LogP contribution in [0.4, 0.5) is 0 Å². The third kappa shape index (κ3) is 1.54. The minimum absolute atomic E-state index is 0.0570. The van der Waals surface area contributed by atoms with E-state index in [1.807, 2.05) is 0 Å². The van der Waals surface area contributed by atoms with Crippen molar-refractivity contribution in [1.29, 1.82) is 0 Å². The van der Waals surface area contributed by atoms with Gasteiger partial charge in [-0.1, -0.05) is 27.7 Å². The molecule has 0 amide bonds. The molecule has 0 aliphatic heterocycles. The van der Waals surface area contributed by atoms with Gasteiger partial charge in [-0.05, 0) is 37.5 Å². The molecular formula is C14H24O2. The molecule has 1 rings (SSSR count). The first-order valence-corrected chi connectivity index (χ1v) is 6.61. The molecule has 0 atom stereocenters. The van der Waals surface area contributed by atoms with Crippen LogP contribution >= 0.6 is 0 Å². The highest BCUT2D eigenvalue weighted by Gasteiger charge is 2.56. The van der Waals surface area contributed by atoms with Crippen LogP contribution in [0.15, 0.2) is 0 Å². The smallest absolute Gasteiger partial charge is 0.205 e. The van der Waals surface area contributed by atoms with Crippen LogP contribution in [0.3, 0.4) is 0 Å². The van der Waals surface area contributed by atoms with Crippen LogP contribution < -0.4 is 0 Å². The van der Waals surface area contributed by atoms with Crippen LogP contribution in [0, 0.1) is 10.8 Å². The Kier molecular flexibility index (Phi) is 3.92. The van der Waals surface area contributed by atoms with Gasteiger partial charge in [0.1, 0.15) is 0 Å². The molecule has 2 heteroatoms. The van der Waals surface area contributed by atoms with E-state index in [1.165, 1.54) is 0 Å². The van der Waals surface area contributed by atoms with Gasteiger partial charge >= 0.3 is 0 Å². The van der Waals surface area contributed by atoms with Gasteiger partial charge in [0.2, 0.25) is 5.78 Å². The highest BCUT2D eigenvalue weighted by molar-refractivity contribution is 6.40. The number of carbonyl (C=O) groups is 2. The summed E-state index contributed by atoms with van der Waals surface area (Å²) in [4.78, 5) is 24.0. The van der Waals surface area contributed by atoms with Crippen molar-refractivity contribution in [3.63, 3.8) is 0 Å². The van der Waals surface area contributed by atoms with Crippen molar-refractivity contribution >= 4 is 11.6 Å². The van der Waals surface area contributed by atoms with Crippen LogP contribution in [-0.2, 0) is 9.59 Å². The molecule has 2 nitrogen and oxygen atoms in total. The van der Waals surface area contributed by atoms with Crippen LogP contribution in [0.1, 0.15) is 66.2 Å². The zero-order valence-corrected chi connectivity index (χ0v) is 11.1. The maximum Gasteiger partial charge on any atom is 0.205 e. The minimum Gasteiger partial charge on any atom is -0.291 e. The molecule has 0 N–H and O–H groups in total. The number of rotatable bonds is 4. The second kappa shape index (κ2) is 4.68. The monoisotopic (exact) mass is 224 g/mol. The van der Waals surface area contributed by atoms with Crippen molar-refractivity contribution in [2.75, 3.05) is 0 Å². The van der Waals surface area contributed by atoms with Gasteiger partial charge in [0, 0.05) is 11.8 Å². The van der Waals surface area contributed by atoms with Gasteiger partial charge in [0.15, 0.2) is 5.78 Å². The summed E-state index contributed by atoms with van der Waals surface area (Å²) in [5.41, 5.74) is -0.326. The highest BCUT2D eigenvalue weighted by atomic mass is 16.2. The molecule has 92 valence electrons. The summed E-state index contributed by atoms with van der Waals surface area (Å²) in [6, 6.07) is 0. The van der Waals surface area contributed by atoms with Gasteiger partial charge in [-0.3, -0.25) is 9.59 Å². The first-order chi connectivity index (χ1) is 7.53. The Morgan fingerprint density at radius 2 is 1.44 bits per heavy atom. The number of hydrogen-bond acceptors (Lipinski definition) is 2. The summed E-state index contributed by atoms with van der Waals surface area (Å²) in [5.74, 6) is -0.228. The van der Waals surface area contributed by atoms with Gasteiger partial charge in [-0.2, -0.15) is 0 Å². The van der Waals surface area contributed by atoms with Crippen LogP contribution in [0.5, 0.6) is 0 Å². The van der Waals surface area contributed by atoms with E-state index in [2.05, 4.69) is 27.7 Å². The average molecular weight is 224 g/mol. The van der Waals surface area contributed by atoms with E-state index in [0.717, 1.165) is 32.1 Å². The topological polar surface area (TPSA) is 34.1 Å². The molecule has 0 radical (unpaired) electrons. The lowest BCUT2D eigenvalue weighted by Gasteiger charge is -2.51. The number of Topliss-reactive ketones (excluding diaryl/α,β-unsaturated/α-hetero) is 2. The van der Waals surface area contributed by atoms with Crippen molar-refractivity contribution in [3.05, 3.63) is 0 Å². The van der Waals surface area contributed by atoms with Gasteiger partial charge in [-0.15, -0.1) is 0 Å². The van der Waals surface area contributed by atoms with Gasteiger partial charge in [-0.25, -0.2) is 0 Å². The van der Waals surface area contributed by atoms with E-state index in [4.69, 9.17) is 0 Å². The highest BCUT2D eigenvalue weighted by Crippen LogP contribution is 2.55. The van der Waals surface area contributed by atoms with Crippen molar-refractivity contribution in [2.24, 2.45) is 10.8 Å². The summed E-state index contributed by atoms with van der Waals surface area (Å²) in [6.45, 7) is 8.43. The van der Waals surface area contributed by atoms with E-state index in [-0.39, 0.29) is 22.4 Å². The lowest BCUT2D eigenvalue weighted by Crippen LogP contribution is -2.53. The zero-order valence-electron chi connectivity index (χ0n) is 11.1. The lowest BCUT2D eigenvalue weighted by molar-refractivity contribution is -0.156. The molecule has 0 saturated heterocycles. The quantitative estimate of drug-likeness (QED) is 0.684. The predicted octanol–water partition coefficient (Wildman–Crippen LogP) is 3.53. The summed E-state index contributed by atoms with van der Waals surface area (Å²) < 4.78 is 0. The molecule has 0 aromatic carbocycles. The third-order valence-corrected chi connectivity index (χ3v) is 5.09. The largest absolute Gasteiger partial charge is 0.291 e. The standard InChI is InChI=1S/C14H24O2/c1-5-13(6-2)10-9-11(15)12(16)14(13,7-3)8-4/h5-10H2,1-4H3. The maximum absolute atomic E-state index is 12.3. The van der Waals surface area contributed by atoms with Crippen LogP contribution in [0.2, 0.25) is 0 Å². The normalized spacial score (nSPS) is 23.5. The molecule has 16 heavy (non-hydrogen) atoms. The maximum atomic E-state index is 12.3. The Labute approximate surface area is 98.8 Å². The SMILES string of the molecule is CCC1(CC)CCC(=O)C(=O)C1(CC)CC. The molecule has 0 aromatic heterocycles. The van der Waals surface area contributed by atoms with Crippen molar-refractivity contribution in [1.82, 2.24) is 0 Å². The molecule has 1 fully saturated rings. The molecule has 1 aliphatic carbocycles. The number of ketones is 2. The van der Waals surface area contributed by atoms with Crippen molar-refractivity contribution in [2.45, 2.75) is 66.2 Å². The lowest BCUT2D eigenvalue weighted by atomic mass is 9.50. The molecule has 0 aromatic rings. The molecule has 0 spiro atoms. The average Bonchev–Trinajstić information content (AvgIpc) is 2.33. The molecule has 1 aliphatic rings. The van der Waals surface area contributed by atoms with Crippen molar-refractivity contribution in [3.8, 4) is 0 Å². The number of hydrogen-bond donors (Lipinski definition) is 0. The second-order valence-electron chi connectivity index (χ2n) is 5.03. The fraction of sp³-hybridized carbons (Fsp3) is 0.857. The fourth-order valence-electron chi connectivity index (χ4n) is 3.81. The number of carbonyl (C=O) groups excluding carboxylic acids is 2. The van der Waals surface area contributed by atoms with Crippen LogP contribution in [-0.4, -0.2) is 11.6 Å². The van der Waals surface area contributed by atoms with E-state index >= 15 is 0 Å². The Balaban J connectivity index is 3.27. The summed E-state index contributed by atoms with van der Waals surface area (Å²) in [7, 11) is 0. The fourth-order valence-corrected chi connectivity index (χ4v) is 3.81. The first kappa shape index (κ1) is 13.4. The molecule has 1 saturated carbocycles. The van der Waals surface area contributed by atoms with Gasteiger partial charge in [0.05, 0.1) is 0 Å². The Morgan fingerprint density at radius 3 is 1.81 bits per heavy atom. The van der Waals surface area contributed by atoms with E-state index in [9.17, 15) is 9.59 Å². The van der Waals surface area contributed by atoms with Crippen molar-refractivity contribution < 1.29 is 9.59 Å². The van der Waals surface area contributed by atoms with Gasteiger partial charge in [0.25, 0.3) is 0 Å². The summed E-state index contributed by atoms with van der Waals surface area (Å²) in [5, 5.41) is 0. The van der Waals surface area contributed by atoms with Crippen LogP contribution in [0.25, 0.3) is 0 Å². The summed E-state index contributed by atoms with van der Waals surface area (Å²) in [6.07, 6.45) is 4.97. The Morgan fingerprint density at radius 1 is 0.938 bits per heavy atom. The predicted molar refractivity (Wildman–Crippen MR) is 65.3 cm³/mol. The molecular weight excluding hydrogens is 200 g/mol. The third-order valence-electron chi connectivity index (χ3n) is 5.09.